The fourth-order valence-corrected chi connectivity index (χ4v) is 3.24. The maximum absolute atomic E-state index is 14.8. The van der Waals surface area contributed by atoms with E-state index >= 15 is 0 Å². The molecule has 0 fully saturated rings. The highest BCUT2D eigenvalue weighted by atomic mass is 19.1. The fourth-order valence-electron chi connectivity index (χ4n) is 3.24. The second kappa shape index (κ2) is 6.50. The van der Waals surface area contributed by atoms with Crippen LogP contribution >= 0.6 is 0 Å². The molecule has 122 valence electrons. The van der Waals surface area contributed by atoms with Crippen LogP contribution in [-0.2, 0) is 0 Å². The van der Waals surface area contributed by atoms with Gasteiger partial charge in [-0.3, -0.25) is 0 Å². The molecule has 0 heterocycles. The van der Waals surface area contributed by atoms with Crippen molar-refractivity contribution in [3.8, 4) is 0 Å². The SMILES string of the molecule is OC(/C(F)=C\c1cccc2ccccc12)c1cccc2ccccc12. The Morgan fingerprint density at radius 3 is 2.04 bits per heavy atom. The Balaban J connectivity index is 1.79. The Hall–Kier alpha value is -2.97. The van der Waals surface area contributed by atoms with Crippen LogP contribution in [0.5, 0.6) is 0 Å². The molecule has 0 aliphatic carbocycles. The Labute approximate surface area is 145 Å². The van der Waals surface area contributed by atoms with Gasteiger partial charge in [-0.25, -0.2) is 4.39 Å². The van der Waals surface area contributed by atoms with Gasteiger partial charge in [0, 0.05) is 0 Å². The number of hydrogen-bond acceptors (Lipinski definition) is 1. The van der Waals surface area contributed by atoms with E-state index in [0.29, 0.717) is 5.56 Å². The van der Waals surface area contributed by atoms with E-state index in [1.165, 1.54) is 6.08 Å². The molecule has 0 aromatic heterocycles. The van der Waals surface area contributed by atoms with Gasteiger partial charge in [-0.15, -0.1) is 0 Å². The van der Waals surface area contributed by atoms with Crippen LogP contribution in [0.1, 0.15) is 17.2 Å². The minimum Gasteiger partial charge on any atom is -0.381 e. The van der Waals surface area contributed by atoms with Crippen molar-refractivity contribution in [2.24, 2.45) is 0 Å². The summed E-state index contributed by atoms with van der Waals surface area (Å²) in [5.74, 6) is -0.562. The Morgan fingerprint density at radius 1 is 0.720 bits per heavy atom. The number of aliphatic hydroxyl groups is 1. The number of halogens is 1. The molecular formula is C23H17FO. The first kappa shape index (κ1) is 15.6. The van der Waals surface area contributed by atoms with Crippen LogP contribution in [0.25, 0.3) is 27.6 Å². The third-order valence-electron chi connectivity index (χ3n) is 4.50. The first-order chi connectivity index (χ1) is 12.2. The lowest BCUT2D eigenvalue weighted by Crippen LogP contribution is -1.99. The summed E-state index contributed by atoms with van der Waals surface area (Å²) in [5.41, 5.74) is 1.34. The van der Waals surface area contributed by atoms with Crippen LogP contribution in [0.15, 0.2) is 90.8 Å². The van der Waals surface area contributed by atoms with Gasteiger partial charge in [-0.2, -0.15) is 0 Å². The van der Waals surface area contributed by atoms with Gasteiger partial charge in [0.2, 0.25) is 0 Å². The molecule has 0 saturated heterocycles. The molecule has 0 radical (unpaired) electrons. The number of rotatable bonds is 3. The molecular weight excluding hydrogens is 311 g/mol. The van der Waals surface area contributed by atoms with E-state index in [-0.39, 0.29) is 0 Å². The zero-order chi connectivity index (χ0) is 17.2. The van der Waals surface area contributed by atoms with Crippen molar-refractivity contribution in [1.29, 1.82) is 0 Å². The van der Waals surface area contributed by atoms with Crippen LogP contribution in [0.2, 0.25) is 0 Å². The van der Waals surface area contributed by atoms with Crippen LogP contribution in [0.3, 0.4) is 0 Å². The van der Waals surface area contributed by atoms with Crippen molar-refractivity contribution in [2.45, 2.75) is 6.10 Å². The summed E-state index contributed by atoms with van der Waals surface area (Å²) >= 11 is 0. The van der Waals surface area contributed by atoms with E-state index in [2.05, 4.69) is 0 Å². The molecule has 4 aromatic carbocycles. The molecule has 4 aromatic rings. The van der Waals surface area contributed by atoms with Gasteiger partial charge in [-0.05, 0) is 38.7 Å². The standard InChI is InChI=1S/C23H17FO/c24-22(15-18-11-5-9-16-7-1-3-12-19(16)18)23(25)21-14-6-10-17-8-2-4-13-20(17)21/h1-15,23,25H/b22-15+. The average molecular weight is 328 g/mol. The van der Waals surface area contributed by atoms with Crippen molar-refractivity contribution in [1.82, 2.24) is 0 Å². The van der Waals surface area contributed by atoms with Crippen molar-refractivity contribution in [2.75, 3.05) is 0 Å². The summed E-state index contributed by atoms with van der Waals surface area (Å²) in [6.45, 7) is 0. The highest BCUT2D eigenvalue weighted by Gasteiger charge is 2.16. The van der Waals surface area contributed by atoms with E-state index in [0.717, 1.165) is 27.1 Å². The van der Waals surface area contributed by atoms with Gasteiger partial charge in [0.15, 0.2) is 0 Å². The molecule has 0 aliphatic heterocycles. The Morgan fingerprint density at radius 2 is 1.28 bits per heavy atom. The fraction of sp³-hybridized carbons (Fsp3) is 0.0435. The molecule has 1 unspecified atom stereocenters. The maximum Gasteiger partial charge on any atom is 0.134 e. The summed E-state index contributed by atoms with van der Waals surface area (Å²) in [7, 11) is 0. The molecule has 0 bridgehead atoms. The molecule has 0 amide bonds. The first-order valence-corrected chi connectivity index (χ1v) is 8.24. The van der Waals surface area contributed by atoms with E-state index in [4.69, 9.17) is 0 Å². The number of benzene rings is 4. The predicted octanol–water partition coefficient (Wildman–Crippen LogP) is 6.04. The quantitative estimate of drug-likeness (QED) is 0.486. The highest BCUT2D eigenvalue weighted by Crippen LogP contribution is 2.31. The molecule has 4 rings (SSSR count). The van der Waals surface area contributed by atoms with E-state index < -0.39 is 11.9 Å². The summed E-state index contributed by atoms with van der Waals surface area (Å²) in [6.07, 6.45) is 0.138. The molecule has 25 heavy (non-hydrogen) atoms. The lowest BCUT2D eigenvalue weighted by atomic mass is 9.98. The third-order valence-corrected chi connectivity index (χ3v) is 4.50. The lowest BCUT2D eigenvalue weighted by molar-refractivity contribution is 0.189. The van der Waals surface area contributed by atoms with Crippen molar-refractivity contribution >= 4 is 27.6 Å². The van der Waals surface area contributed by atoms with Gasteiger partial charge in [-0.1, -0.05) is 84.9 Å². The van der Waals surface area contributed by atoms with Crippen LogP contribution in [0, 0.1) is 0 Å². The average Bonchev–Trinajstić information content (AvgIpc) is 2.67. The molecule has 0 aliphatic rings. The van der Waals surface area contributed by atoms with Gasteiger partial charge in [0.25, 0.3) is 0 Å². The van der Waals surface area contributed by atoms with Crippen LogP contribution in [-0.4, -0.2) is 5.11 Å². The second-order valence-corrected chi connectivity index (χ2v) is 6.07. The van der Waals surface area contributed by atoms with Crippen LogP contribution in [0.4, 0.5) is 4.39 Å². The molecule has 1 atom stereocenters. The monoisotopic (exact) mass is 328 g/mol. The zero-order valence-electron chi connectivity index (χ0n) is 13.6. The third kappa shape index (κ3) is 2.92. The number of fused-ring (bicyclic) bond motifs is 2. The number of aliphatic hydroxyl groups excluding tert-OH is 1. The smallest absolute Gasteiger partial charge is 0.134 e. The molecule has 1 nitrogen and oxygen atoms in total. The van der Waals surface area contributed by atoms with Crippen molar-refractivity contribution in [3.63, 3.8) is 0 Å². The van der Waals surface area contributed by atoms with Crippen molar-refractivity contribution < 1.29 is 9.50 Å². The Kier molecular flexibility index (Phi) is 4.04. The summed E-state index contributed by atoms with van der Waals surface area (Å²) in [6, 6.07) is 26.8. The first-order valence-electron chi connectivity index (χ1n) is 8.24. The predicted molar refractivity (Wildman–Crippen MR) is 102 cm³/mol. The maximum atomic E-state index is 14.8. The molecule has 0 spiro atoms. The molecule has 0 saturated carbocycles. The van der Waals surface area contributed by atoms with Gasteiger partial charge < -0.3 is 5.11 Å². The zero-order valence-corrected chi connectivity index (χ0v) is 13.6. The van der Waals surface area contributed by atoms with Crippen LogP contribution < -0.4 is 0 Å². The number of hydrogen-bond donors (Lipinski definition) is 1. The summed E-state index contributed by atoms with van der Waals surface area (Å²) < 4.78 is 14.8. The minimum absolute atomic E-state index is 0.562. The lowest BCUT2D eigenvalue weighted by Gasteiger charge is -2.13. The molecule has 2 heteroatoms. The van der Waals surface area contributed by atoms with Crippen molar-refractivity contribution in [3.05, 3.63) is 102 Å². The minimum atomic E-state index is -1.29. The summed E-state index contributed by atoms with van der Waals surface area (Å²) in [5, 5.41) is 14.4. The second-order valence-electron chi connectivity index (χ2n) is 6.07. The summed E-state index contributed by atoms with van der Waals surface area (Å²) in [4.78, 5) is 0. The molecule has 1 N–H and O–H groups in total. The van der Waals surface area contributed by atoms with E-state index in [1.807, 2.05) is 78.9 Å². The normalized spacial score (nSPS) is 13.3. The Bertz CT molecular complexity index is 1070. The largest absolute Gasteiger partial charge is 0.381 e. The van der Waals surface area contributed by atoms with E-state index in [9.17, 15) is 9.50 Å². The van der Waals surface area contributed by atoms with Gasteiger partial charge in [0.1, 0.15) is 11.9 Å². The van der Waals surface area contributed by atoms with Gasteiger partial charge >= 0.3 is 0 Å². The highest BCUT2D eigenvalue weighted by molar-refractivity contribution is 5.91. The van der Waals surface area contributed by atoms with Gasteiger partial charge in [0.05, 0.1) is 0 Å². The van der Waals surface area contributed by atoms with E-state index in [1.54, 1.807) is 6.07 Å². The topological polar surface area (TPSA) is 20.2 Å².